The maximum Gasteiger partial charge on any atom is 0.494 e. The highest BCUT2D eigenvalue weighted by atomic mass is 16.7. The third-order valence-corrected chi connectivity index (χ3v) is 8.94. The van der Waals surface area contributed by atoms with Gasteiger partial charge >= 0.3 is 13.2 Å². The number of imidazole rings is 1. The minimum absolute atomic E-state index is 0.174. The van der Waals surface area contributed by atoms with E-state index in [1.165, 1.54) is 0 Å². The predicted octanol–water partition coefficient (Wildman–Crippen LogP) is 5.18. The van der Waals surface area contributed by atoms with Crippen LogP contribution in [0.4, 0.5) is 4.79 Å². The summed E-state index contributed by atoms with van der Waals surface area (Å²) in [5.41, 5.74) is 3.43. The Hall–Kier alpha value is -3.04. The highest BCUT2D eigenvalue weighted by Crippen LogP contribution is 2.50. The zero-order valence-corrected chi connectivity index (χ0v) is 24.0. The molecule has 8 nitrogen and oxygen atoms in total. The number of piperidine rings is 1. The lowest BCUT2D eigenvalue weighted by Crippen LogP contribution is -2.44. The summed E-state index contributed by atoms with van der Waals surface area (Å²) in [6.45, 7) is 13.9. The molecule has 3 heterocycles. The van der Waals surface area contributed by atoms with Crippen LogP contribution in [-0.4, -0.2) is 50.6 Å². The fourth-order valence-electron chi connectivity index (χ4n) is 6.21. The Kier molecular flexibility index (Phi) is 5.87. The number of carbonyl (C=O) groups is 1. The number of ether oxygens (including phenoxy) is 1. The number of fused-ring (bicyclic) bond motifs is 3. The van der Waals surface area contributed by atoms with E-state index in [9.17, 15) is 4.79 Å². The van der Waals surface area contributed by atoms with E-state index in [1.807, 2.05) is 31.7 Å². The Morgan fingerprint density at radius 1 is 1.03 bits per heavy atom. The number of benzene rings is 2. The van der Waals surface area contributed by atoms with E-state index >= 15 is 0 Å². The number of nitrogens with zero attached hydrogens (tertiary/aromatic N) is 3. The third-order valence-electron chi connectivity index (χ3n) is 8.94. The first kappa shape index (κ1) is 26.2. The summed E-state index contributed by atoms with van der Waals surface area (Å²) in [4.78, 5) is 20.0. The molecule has 206 valence electrons. The smallest absolute Gasteiger partial charge is 0.444 e. The molecule has 3 fully saturated rings. The highest BCUT2D eigenvalue weighted by molar-refractivity contribution is 6.62. The average Bonchev–Trinajstić information content (AvgIpc) is 3.59. The van der Waals surface area contributed by atoms with Gasteiger partial charge in [0.15, 0.2) is 5.82 Å². The van der Waals surface area contributed by atoms with Crippen molar-refractivity contribution in [3.05, 3.63) is 48.3 Å². The maximum atomic E-state index is 13.2. The lowest BCUT2D eigenvalue weighted by atomic mass is 9.78. The van der Waals surface area contributed by atoms with E-state index in [1.54, 1.807) is 4.68 Å². The number of amides is 1. The molecule has 1 amide bonds. The Labute approximate surface area is 230 Å². The van der Waals surface area contributed by atoms with Crippen molar-refractivity contribution in [3.63, 3.8) is 0 Å². The molecule has 3 aromatic rings. The fraction of sp³-hybridized carbons (Fsp3) is 0.533. The zero-order valence-electron chi connectivity index (χ0n) is 24.0. The van der Waals surface area contributed by atoms with E-state index in [-0.39, 0.29) is 29.4 Å². The van der Waals surface area contributed by atoms with Crippen LogP contribution in [0.1, 0.15) is 79.6 Å². The number of hydrogen-bond acceptors (Lipinski definition) is 6. The van der Waals surface area contributed by atoms with E-state index < -0.39 is 12.7 Å². The molecular formula is C30H39BN4O4. The summed E-state index contributed by atoms with van der Waals surface area (Å²) in [7, 11) is -0.394. The van der Waals surface area contributed by atoms with Gasteiger partial charge < -0.3 is 19.9 Å². The number of carbonyl (C=O) groups excluding carboxylic acids is 1. The Bertz CT molecular complexity index is 1410. The van der Waals surface area contributed by atoms with Gasteiger partial charge in [-0.3, -0.25) is 4.90 Å². The molecular weight excluding hydrogens is 491 g/mol. The molecule has 9 heteroatoms. The Morgan fingerprint density at radius 2 is 1.67 bits per heavy atom. The standard InChI is InChI=1S/C30H39BN4O4/c1-28(2,3)37-27(36)34-22-14-10-20(16-22)25(34)26-33-23-15-11-19(17-24(23)35(26)32)18-8-12-21(13-9-18)31-38-29(4,5)30(6,7)39-31/h8-9,11-13,15,17,20,22,25H,10,14,16,32H2,1-7H3/t20-,22+,25-/m0/s1. The van der Waals surface area contributed by atoms with Gasteiger partial charge in [-0.1, -0.05) is 30.3 Å². The number of nitrogen functional groups attached to an aromatic ring is 1. The van der Waals surface area contributed by atoms with Gasteiger partial charge in [-0.15, -0.1) is 0 Å². The topological polar surface area (TPSA) is 91.8 Å². The molecule has 2 saturated heterocycles. The van der Waals surface area contributed by atoms with Crippen LogP contribution in [-0.2, 0) is 14.0 Å². The Balaban J connectivity index is 1.28. The van der Waals surface area contributed by atoms with Crippen molar-refractivity contribution in [1.82, 2.24) is 14.6 Å². The van der Waals surface area contributed by atoms with Gasteiger partial charge in [-0.25, -0.2) is 14.5 Å². The van der Waals surface area contributed by atoms with Crippen molar-refractivity contribution >= 4 is 29.7 Å². The van der Waals surface area contributed by atoms with Gasteiger partial charge in [0.2, 0.25) is 0 Å². The number of likely N-dealkylation sites (tertiary alicyclic amines) is 1. The van der Waals surface area contributed by atoms with Crippen molar-refractivity contribution < 1.29 is 18.8 Å². The van der Waals surface area contributed by atoms with E-state index in [0.717, 1.165) is 52.7 Å². The van der Waals surface area contributed by atoms with Crippen LogP contribution in [0.3, 0.4) is 0 Å². The fourth-order valence-corrected chi connectivity index (χ4v) is 6.21. The molecule has 2 N–H and O–H groups in total. The number of nitrogens with two attached hydrogens (primary N) is 1. The van der Waals surface area contributed by atoms with Gasteiger partial charge in [0.1, 0.15) is 5.60 Å². The number of hydrogen-bond donors (Lipinski definition) is 1. The second kappa shape index (κ2) is 8.73. The van der Waals surface area contributed by atoms with Gasteiger partial charge in [0, 0.05) is 6.04 Å². The second-order valence-corrected chi connectivity index (χ2v) is 13.3. The Morgan fingerprint density at radius 3 is 2.31 bits per heavy atom. The molecule has 6 rings (SSSR count). The SMILES string of the molecule is CC(C)(C)OC(=O)N1[C@@H]2CC[C@@H](C2)[C@H]1c1nc2ccc(-c3ccc(B4OC(C)(C)C(C)(C)O4)cc3)cc2n1N. The van der Waals surface area contributed by atoms with E-state index in [2.05, 4.69) is 64.1 Å². The molecule has 3 aliphatic rings. The van der Waals surface area contributed by atoms with Crippen molar-refractivity contribution in [2.75, 3.05) is 5.84 Å². The van der Waals surface area contributed by atoms with Crippen LogP contribution >= 0.6 is 0 Å². The largest absolute Gasteiger partial charge is 0.494 e. The molecule has 1 saturated carbocycles. The van der Waals surface area contributed by atoms with Gasteiger partial charge in [-0.2, -0.15) is 0 Å². The molecule has 2 bridgehead atoms. The summed E-state index contributed by atoms with van der Waals surface area (Å²) in [5.74, 6) is 7.74. The monoisotopic (exact) mass is 530 g/mol. The third kappa shape index (κ3) is 4.40. The summed E-state index contributed by atoms with van der Waals surface area (Å²) in [6, 6.07) is 14.4. The van der Waals surface area contributed by atoms with Crippen LogP contribution < -0.4 is 11.3 Å². The van der Waals surface area contributed by atoms with Crippen molar-refractivity contribution in [3.8, 4) is 11.1 Å². The lowest BCUT2D eigenvalue weighted by molar-refractivity contribution is 0.00578. The lowest BCUT2D eigenvalue weighted by Gasteiger charge is -2.35. The molecule has 0 spiro atoms. The molecule has 1 aliphatic carbocycles. The first-order valence-electron chi connectivity index (χ1n) is 14.0. The molecule has 39 heavy (non-hydrogen) atoms. The van der Waals surface area contributed by atoms with Crippen LogP contribution in [0.2, 0.25) is 0 Å². The molecule has 0 unspecified atom stereocenters. The summed E-state index contributed by atoms with van der Waals surface area (Å²) in [5, 5.41) is 0. The molecule has 2 aliphatic heterocycles. The van der Waals surface area contributed by atoms with E-state index in [0.29, 0.717) is 5.92 Å². The number of rotatable bonds is 3. The second-order valence-electron chi connectivity index (χ2n) is 13.3. The minimum atomic E-state index is -0.556. The molecule has 1 aromatic heterocycles. The molecule has 0 radical (unpaired) electrons. The van der Waals surface area contributed by atoms with Crippen molar-refractivity contribution in [1.29, 1.82) is 0 Å². The van der Waals surface area contributed by atoms with Crippen LogP contribution in [0.25, 0.3) is 22.2 Å². The van der Waals surface area contributed by atoms with Gasteiger partial charge in [0.05, 0.1) is 28.3 Å². The quantitative estimate of drug-likeness (QED) is 0.371. The zero-order chi connectivity index (χ0) is 27.9. The highest BCUT2D eigenvalue weighted by Gasteiger charge is 2.52. The molecule has 2 aromatic carbocycles. The van der Waals surface area contributed by atoms with Crippen molar-refractivity contribution in [2.24, 2.45) is 5.92 Å². The maximum absolute atomic E-state index is 13.2. The van der Waals surface area contributed by atoms with E-state index in [4.69, 9.17) is 24.9 Å². The minimum Gasteiger partial charge on any atom is -0.444 e. The van der Waals surface area contributed by atoms with Gasteiger partial charge in [0.25, 0.3) is 0 Å². The van der Waals surface area contributed by atoms with Crippen LogP contribution in [0.5, 0.6) is 0 Å². The van der Waals surface area contributed by atoms with Crippen LogP contribution in [0.15, 0.2) is 42.5 Å². The first-order chi connectivity index (χ1) is 18.2. The number of aromatic nitrogens is 2. The molecule has 3 atom stereocenters. The van der Waals surface area contributed by atoms with Crippen molar-refractivity contribution in [2.45, 2.75) is 96.6 Å². The predicted molar refractivity (Wildman–Crippen MR) is 153 cm³/mol. The summed E-state index contributed by atoms with van der Waals surface area (Å²) < 4.78 is 19.9. The van der Waals surface area contributed by atoms with Gasteiger partial charge in [-0.05, 0) is 102 Å². The average molecular weight is 530 g/mol. The summed E-state index contributed by atoms with van der Waals surface area (Å²) in [6.07, 6.45) is 2.75. The normalized spacial score (nSPS) is 25.6. The summed E-state index contributed by atoms with van der Waals surface area (Å²) >= 11 is 0. The van der Waals surface area contributed by atoms with Crippen LogP contribution in [0, 0.1) is 5.92 Å². The first-order valence-corrected chi connectivity index (χ1v) is 14.0.